The standard InChI is InChI=1S/2C7H14N.C5H5.C4H9.Zr/c2*1-3-5-6-7-8-4-2;1-2-4-5-3-1;1-3-4-2;/h2*3H,1,4-7H2,2H3;1-3H,4H2;1,3-4H2,2H3;/q4*-1;+4. The van der Waals surface area contributed by atoms with Gasteiger partial charge in [0.2, 0.25) is 0 Å². The minimum Gasteiger partial charge on any atom is -0.662 e. The summed E-state index contributed by atoms with van der Waals surface area (Å²) in [6, 6.07) is 0. The van der Waals surface area contributed by atoms with E-state index in [1.54, 1.807) is 0 Å². The van der Waals surface area contributed by atoms with Crippen LogP contribution in [-0.4, -0.2) is 26.2 Å². The van der Waals surface area contributed by atoms with Gasteiger partial charge in [-0.05, 0) is 12.8 Å². The summed E-state index contributed by atoms with van der Waals surface area (Å²) in [5.74, 6) is 0. The van der Waals surface area contributed by atoms with Crippen LogP contribution in [0.2, 0.25) is 0 Å². The molecule has 0 bridgehead atoms. The SMILES string of the molecule is C=CCCC[N-]CC.C=CCCC[N-]CC.[C-]1=CC=CC1.[CH2-]CCC.[Zr+4]. The Hall–Kier alpha value is -0.237. The molecule has 3 heteroatoms. The molecule has 0 radical (unpaired) electrons. The van der Waals surface area contributed by atoms with Gasteiger partial charge in [0.05, 0.1) is 0 Å². The van der Waals surface area contributed by atoms with E-state index in [9.17, 15) is 0 Å². The first-order chi connectivity index (χ1) is 12.2. The zero-order valence-electron chi connectivity index (χ0n) is 17.7. The molecule has 0 atom stereocenters. The quantitative estimate of drug-likeness (QED) is 0.181. The number of hydrogen-bond acceptors (Lipinski definition) is 0. The molecular formula is C23H42N2Zr. The van der Waals surface area contributed by atoms with Crippen molar-refractivity contribution in [2.24, 2.45) is 0 Å². The first-order valence-corrected chi connectivity index (χ1v) is 9.74. The molecule has 0 saturated heterocycles. The van der Waals surface area contributed by atoms with Crippen LogP contribution in [0.1, 0.15) is 65.7 Å². The summed E-state index contributed by atoms with van der Waals surface area (Å²) < 4.78 is 0. The van der Waals surface area contributed by atoms with Crippen LogP contribution in [0.25, 0.3) is 10.6 Å². The van der Waals surface area contributed by atoms with Gasteiger partial charge in [0.15, 0.2) is 0 Å². The first-order valence-electron chi connectivity index (χ1n) is 9.74. The van der Waals surface area contributed by atoms with E-state index in [-0.39, 0.29) is 26.2 Å². The van der Waals surface area contributed by atoms with Crippen molar-refractivity contribution < 1.29 is 26.2 Å². The maximum Gasteiger partial charge on any atom is 4.00 e. The van der Waals surface area contributed by atoms with Crippen LogP contribution in [0.15, 0.2) is 43.5 Å². The molecule has 0 heterocycles. The molecule has 1 rings (SSSR count). The number of rotatable bonds is 11. The molecule has 0 saturated carbocycles. The van der Waals surface area contributed by atoms with Crippen LogP contribution in [0, 0.1) is 13.0 Å². The fourth-order valence-electron chi connectivity index (χ4n) is 1.35. The second kappa shape index (κ2) is 39.7. The fourth-order valence-corrected chi connectivity index (χ4v) is 1.35. The molecule has 0 unspecified atom stereocenters. The van der Waals surface area contributed by atoms with Crippen molar-refractivity contribution in [1.29, 1.82) is 0 Å². The molecule has 0 aromatic carbocycles. The van der Waals surface area contributed by atoms with Gasteiger partial charge in [0.25, 0.3) is 0 Å². The Balaban J connectivity index is -0.000000127. The van der Waals surface area contributed by atoms with Gasteiger partial charge >= 0.3 is 26.2 Å². The molecule has 0 aromatic heterocycles. The molecule has 2 nitrogen and oxygen atoms in total. The Morgan fingerprint density at radius 3 is 1.65 bits per heavy atom. The zero-order chi connectivity index (χ0) is 19.4. The summed E-state index contributed by atoms with van der Waals surface area (Å²) in [6.45, 7) is 21.0. The molecule has 26 heavy (non-hydrogen) atoms. The Kier molecular flexibility index (Phi) is 51.0. The number of allylic oxidation sites excluding steroid dienone is 6. The van der Waals surface area contributed by atoms with E-state index in [0.29, 0.717) is 0 Å². The molecular weight excluding hydrogens is 395 g/mol. The Morgan fingerprint density at radius 1 is 1.00 bits per heavy atom. The van der Waals surface area contributed by atoms with Crippen molar-refractivity contribution >= 4 is 0 Å². The van der Waals surface area contributed by atoms with Crippen LogP contribution in [0.4, 0.5) is 0 Å². The van der Waals surface area contributed by atoms with Gasteiger partial charge in [-0.3, -0.25) is 6.08 Å². The largest absolute Gasteiger partial charge is 4.00 e. The Morgan fingerprint density at radius 2 is 1.46 bits per heavy atom. The van der Waals surface area contributed by atoms with Gasteiger partial charge in [-0.1, -0.05) is 52.2 Å². The van der Waals surface area contributed by atoms with Crippen LogP contribution in [0.5, 0.6) is 0 Å². The van der Waals surface area contributed by atoms with Crippen molar-refractivity contribution in [3.05, 3.63) is 67.2 Å². The van der Waals surface area contributed by atoms with Gasteiger partial charge in [-0.2, -0.15) is 25.6 Å². The number of nitrogens with zero attached hydrogens (tertiary/aromatic N) is 2. The Labute approximate surface area is 184 Å². The van der Waals surface area contributed by atoms with Crippen LogP contribution < -0.4 is 0 Å². The first kappa shape index (κ1) is 33.4. The molecule has 148 valence electrons. The normalized spacial score (nSPS) is 10.2. The Bertz CT molecular complexity index is 258. The van der Waals surface area contributed by atoms with E-state index in [1.165, 1.54) is 6.42 Å². The number of hydrogen-bond donors (Lipinski definition) is 0. The van der Waals surface area contributed by atoms with Gasteiger partial charge < -0.3 is 17.6 Å². The third-order valence-electron chi connectivity index (χ3n) is 2.84. The number of unbranched alkanes of at least 4 members (excludes halogenated alkanes) is 3. The van der Waals surface area contributed by atoms with E-state index in [2.05, 4.69) is 63.6 Å². The monoisotopic (exact) mass is 436 g/mol. The van der Waals surface area contributed by atoms with Crippen molar-refractivity contribution in [2.45, 2.75) is 65.7 Å². The van der Waals surface area contributed by atoms with Crippen LogP contribution in [0.3, 0.4) is 0 Å². The van der Waals surface area contributed by atoms with Crippen LogP contribution >= 0.6 is 0 Å². The minimum absolute atomic E-state index is 0. The summed E-state index contributed by atoms with van der Waals surface area (Å²) in [4.78, 5) is 0. The van der Waals surface area contributed by atoms with Crippen molar-refractivity contribution in [3.63, 3.8) is 0 Å². The van der Waals surface area contributed by atoms with Gasteiger partial charge in [0.1, 0.15) is 0 Å². The molecule has 0 aromatic rings. The second-order valence-corrected chi connectivity index (χ2v) is 5.25. The molecule has 1 aliphatic carbocycles. The van der Waals surface area contributed by atoms with E-state index >= 15 is 0 Å². The average Bonchev–Trinajstić information content (AvgIpc) is 3.23. The molecule has 0 aliphatic heterocycles. The van der Waals surface area contributed by atoms with E-state index in [1.807, 2.05) is 24.3 Å². The average molecular weight is 438 g/mol. The van der Waals surface area contributed by atoms with Gasteiger partial charge in [-0.25, -0.2) is 12.2 Å². The van der Waals surface area contributed by atoms with Crippen molar-refractivity contribution in [2.75, 3.05) is 26.2 Å². The summed E-state index contributed by atoms with van der Waals surface area (Å²) in [7, 11) is 0. The maximum atomic E-state index is 4.16. The predicted octanol–water partition coefficient (Wildman–Crippen LogP) is 7.62. The molecule has 0 spiro atoms. The summed E-state index contributed by atoms with van der Waals surface area (Å²) in [5.41, 5.74) is 0. The topological polar surface area (TPSA) is 28.2 Å². The fraction of sp³-hybridized carbons (Fsp3) is 0.609. The summed E-state index contributed by atoms with van der Waals surface area (Å²) >= 11 is 0. The van der Waals surface area contributed by atoms with Gasteiger partial charge in [0, 0.05) is 0 Å². The minimum atomic E-state index is 0. The maximum absolute atomic E-state index is 4.16. The third-order valence-corrected chi connectivity index (χ3v) is 2.84. The van der Waals surface area contributed by atoms with Crippen LogP contribution in [-0.2, 0) is 26.2 Å². The molecule has 0 fully saturated rings. The zero-order valence-corrected chi connectivity index (χ0v) is 20.1. The smallest absolute Gasteiger partial charge is 0.662 e. The van der Waals surface area contributed by atoms with Gasteiger partial charge in [-0.15, -0.1) is 32.7 Å². The van der Waals surface area contributed by atoms with E-state index < -0.39 is 0 Å². The van der Waals surface area contributed by atoms with Crippen molar-refractivity contribution in [3.8, 4) is 0 Å². The second-order valence-electron chi connectivity index (χ2n) is 5.25. The van der Waals surface area contributed by atoms with E-state index in [4.69, 9.17) is 0 Å². The van der Waals surface area contributed by atoms with E-state index in [0.717, 1.165) is 64.7 Å². The molecule has 0 N–H and O–H groups in total. The summed E-state index contributed by atoms with van der Waals surface area (Å²) in [6.07, 6.45) is 20.7. The third kappa shape index (κ3) is 49.6. The summed E-state index contributed by atoms with van der Waals surface area (Å²) in [5, 5.41) is 8.32. The predicted molar refractivity (Wildman–Crippen MR) is 118 cm³/mol. The molecule has 0 amide bonds. The van der Waals surface area contributed by atoms with Crippen molar-refractivity contribution in [1.82, 2.24) is 0 Å². The molecule has 1 aliphatic rings.